The number of anilines is 2. The van der Waals surface area contributed by atoms with E-state index in [1.807, 2.05) is 39.8 Å². The summed E-state index contributed by atoms with van der Waals surface area (Å²) in [5.41, 5.74) is 2.37. The van der Waals surface area contributed by atoms with Crippen molar-refractivity contribution in [2.75, 3.05) is 37.0 Å². The molecular weight excluding hydrogens is 900 g/mol. The van der Waals surface area contributed by atoms with Crippen LogP contribution >= 0.6 is 7.74 Å². The van der Waals surface area contributed by atoms with Crippen LogP contribution in [0, 0.1) is 6.57 Å². The first-order chi connectivity index (χ1) is 32.9. The third kappa shape index (κ3) is 11.3. The molecule has 3 amide bonds. The molecule has 6 aromatic rings. The monoisotopic (exact) mass is 950 g/mol. The van der Waals surface area contributed by atoms with Crippen molar-refractivity contribution < 1.29 is 46.9 Å². The molecule has 2 saturated heterocycles. The summed E-state index contributed by atoms with van der Waals surface area (Å²) in [4.78, 5) is 69.2. The summed E-state index contributed by atoms with van der Waals surface area (Å²) >= 11 is 0. The number of imidazole rings is 2. The van der Waals surface area contributed by atoms with E-state index in [4.69, 9.17) is 39.1 Å². The van der Waals surface area contributed by atoms with Crippen molar-refractivity contribution in [2.45, 2.75) is 96.5 Å². The topological polar surface area (TPSA) is 244 Å². The van der Waals surface area contributed by atoms with Crippen LogP contribution in [0.5, 0.6) is 0 Å². The summed E-state index contributed by atoms with van der Waals surface area (Å²) in [6, 6.07) is 17.5. The smallest absolute Gasteiger partial charge is 0.364 e. The van der Waals surface area contributed by atoms with Crippen molar-refractivity contribution in [2.24, 2.45) is 4.74 Å². The first-order valence-electron chi connectivity index (χ1n) is 22.0. The zero-order chi connectivity index (χ0) is 47.8. The van der Waals surface area contributed by atoms with E-state index in [-0.39, 0.29) is 68.4 Å². The third-order valence-electron chi connectivity index (χ3n) is 10.7. The molecular formula is C45H51N12O10P. The van der Waals surface area contributed by atoms with Gasteiger partial charge in [-0.2, -0.15) is 4.74 Å². The summed E-state index contributed by atoms with van der Waals surface area (Å²) in [7, 11) is -4.02. The van der Waals surface area contributed by atoms with Crippen molar-refractivity contribution in [1.29, 1.82) is 0 Å². The number of rotatable bonds is 19. The van der Waals surface area contributed by atoms with Gasteiger partial charge in [-0.05, 0) is 52.0 Å². The normalized spacial score (nSPS) is 21.3. The van der Waals surface area contributed by atoms with Crippen molar-refractivity contribution in [3.05, 3.63) is 109 Å². The van der Waals surface area contributed by atoms with Crippen molar-refractivity contribution in [1.82, 2.24) is 39.0 Å². The van der Waals surface area contributed by atoms with Gasteiger partial charge in [0, 0.05) is 30.9 Å². The Kier molecular flexibility index (Phi) is 15.3. The van der Waals surface area contributed by atoms with E-state index in [0.29, 0.717) is 39.9 Å². The van der Waals surface area contributed by atoms with Gasteiger partial charge in [0.2, 0.25) is 12.5 Å². The Labute approximate surface area is 391 Å². The number of nitrogens with zero attached hydrogens (tertiary/aromatic N) is 10. The number of amides is 3. The molecule has 0 radical (unpaired) electrons. The van der Waals surface area contributed by atoms with E-state index >= 15 is 0 Å². The Morgan fingerprint density at radius 3 is 1.78 bits per heavy atom. The summed E-state index contributed by atoms with van der Waals surface area (Å²) in [5, 5.41) is 5.65. The first-order valence-corrected chi connectivity index (χ1v) is 23.5. The minimum Gasteiger partial charge on any atom is -0.376 e. The van der Waals surface area contributed by atoms with Gasteiger partial charge in [0.05, 0.1) is 44.2 Å². The fourth-order valence-electron chi connectivity index (χ4n) is 7.67. The van der Waals surface area contributed by atoms with E-state index in [1.54, 1.807) is 64.0 Å². The summed E-state index contributed by atoms with van der Waals surface area (Å²) in [6.45, 7) is 15.9. The van der Waals surface area contributed by atoms with Crippen LogP contribution in [0.3, 0.4) is 0 Å². The first kappa shape index (κ1) is 48.1. The molecule has 6 heterocycles. The van der Waals surface area contributed by atoms with Crippen LogP contribution in [0.4, 0.5) is 11.6 Å². The van der Waals surface area contributed by atoms with Gasteiger partial charge < -0.3 is 34.4 Å². The van der Waals surface area contributed by atoms with Crippen LogP contribution in [0.1, 0.15) is 80.6 Å². The van der Waals surface area contributed by atoms with Gasteiger partial charge in [-0.3, -0.25) is 37.1 Å². The predicted octanol–water partition coefficient (Wildman–Crippen LogP) is 6.79. The van der Waals surface area contributed by atoms with E-state index in [9.17, 15) is 14.4 Å². The van der Waals surface area contributed by atoms with E-state index in [1.165, 1.54) is 25.9 Å². The number of benzene rings is 2. The van der Waals surface area contributed by atoms with E-state index in [0.717, 1.165) is 0 Å². The van der Waals surface area contributed by atoms with Gasteiger partial charge in [0.1, 0.15) is 50.0 Å². The molecule has 7 atom stereocenters. The van der Waals surface area contributed by atoms with Crippen LogP contribution in [0.15, 0.2) is 90.7 Å². The standard InChI is InChI=1S/C45H51N12O10P/c1-27(2)61-21-34-33(20-37(65-34)57-26-52-39-41(48-24-50-43(39)57)54-45(60)31-15-11-8-12-16-31)67-68(55-29(5)58,62-18-17-46-6)63-22-35-32(64-28(3)4)19-36(66-35)56-25-51-38-40(47-23-49-42(38)56)53-44(59)30-13-9-7-10-14-30/h7-16,23-28,32-37H,17-22H2,1-5H3,(H,47,49,53,59)(H,48,50,54,60)/t32-,33-,34-,35-,36-,37-,68?/m1/s1. The van der Waals surface area contributed by atoms with Crippen LogP contribution in [0.25, 0.3) is 27.2 Å². The number of carbonyl (C=O) groups excluding carboxylic acids is 3. The van der Waals surface area contributed by atoms with Crippen molar-refractivity contribution in [3.63, 3.8) is 0 Å². The summed E-state index contributed by atoms with van der Waals surface area (Å²) in [5.74, 6) is -0.913. The number of ether oxygens (including phenoxy) is 4. The fourth-order valence-corrected chi connectivity index (χ4v) is 9.59. The number of hydrogen-bond acceptors (Lipinski definition) is 16. The molecule has 68 heavy (non-hydrogen) atoms. The minimum atomic E-state index is -4.02. The van der Waals surface area contributed by atoms with Crippen LogP contribution < -0.4 is 10.6 Å². The molecule has 2 aliphatic rings. The highest BCUT2D eigenvalue weighted by Crippen LogP contribution is 2.57. The number of nitrogens with one attached hydrogen (secondary N) is 2. The Morgan fingerprint density at radius 1 is 0.750 bits per heavy atom. The number of fused-ring (bicyclic) bond motifs is 2. The molecule has 356 valence electrons. The molecule has 0 spiro atoms. The van der Waals surface area contributed by atoms with E-state index in [2.05, 4.69) is 50.1 Å². The van der Waals surface area contributed by atoms with E-state index < -0.39 is 50.5 Å². The lowest BCUT2D eigenvalue weighted by Crippen LogP contribution is -2.33. The lowest BCUT2D eigenvalue weighted by atomic mass is 10.2. The number of hydrogen-bond donors (Lipinski definition) is 2. The zero-order valence-electron chi connectivity index (χ0n) is 37.9. The molecule has 2 N–H and O–H groups in total. The Bertz CT molecular complexity index is 2820. The molecule has 0 aliphatic carbocycles. The molecule has 2 aliphatic heterocycles. The maximum absolute atomic E-state index is 13.1. The summed E-state index contributed by atoms with van der Waals surface area (Å²) in [6.07, 6.45) is 1.62. The maximum Gasteiger partial charge on any atom is 0.364 e. The van der Waals surface area contributed by atoms with Gasteiger partial charge in [-0.15, -0.1) is 0 Å². The SMILES string of the molecule is [C-]#[N+]CCOP(=NC(C)=O)(OC[C@H]1O[C@@H](n2cnc3c(NC(=O)c4ccccc4)ncnc32)C[C@H]1OC(C)C)O[C@@H]1C[C@H](n2cnc3c(NC(=O)c4ccccc4)ncnc32)O[C@@H]1COC(C)C. The highest BCUT2D eigenvalue weighted by molar-refractivity contribution is 7.51. The minimum absolute atomic E-state index is 0.0696. The second kappa shape index (κ2) is 21.7. The van der Waals surface area contributed by atoms with Gasteiger partial charge in [-0.25, -0.2) is 36.5 Å². The largest absolute Gasteiger partial charge is 0.376 e. The van der Waals surface area contributed by atoms with Crippen LogP contribution in [0.2, 0.25) is 0 Å². The molecule has 4 aromatic heterocycles. The van der Waals surface area contributed by atoms with Crippen molar-refractivity contribution >= 4 is 59.4 Å². The zero-order valence-corrected chi connectivity index (χ0v) is 38.8. The van der Waals surface area contributed by atoms with Crippen LogP contribution in [-0.4, -0.2) is 120 Å². The average molecular weight is 951 g/mol. The number of carbonyl (C=O) groups is 3. The van der Waals surface area contributed by atoms with Gasteiger partial charge in [-0.1, -0.05) is 36.4 Å². The Morgan fingerprint density at radius 2 is 1.28 bits per heavy atom. The molecule has 8 rings (SSSR count). The Hall–Kier alpha value is -6.41. The lowest BCUT2D eigenvalue weighted by molar-refractivity contribution is -0.116. The molecule has 2 aromatic carbocycles. The molecule has 23 heteroatoms. The van der Waals surface area contributed by atoms with Gasteiger partial charge >= 0.3 is 7.74 Å². The highest BCUT2D eigenvalue weighted by atomic mass is 31.2. The molecule has 0 saturated carbocycles. The quantitative estimate of drug-likeness (QED) is 0.0482. The Balaban J connectivity index is 1.05. The van der Waals surface area contributed by atoms with Gasteiger partial charge in [0.25, 0.3) is 11.8 Å². The predicted molar refractivity (Wildman–Crippen MR) is 246 cm³/mol. The van der Waals surface area contributed by atoms with Crippen LogP contribution in [-0.2, 0) is 37.3 Å². The van der Waals surface area contributed by atoms with Crippen molar-refractivity contribution in [3.8, 4) is 0 Å². The lowest BCUT2D eigenvalue weighted by Gasteiger charge is -2.29. The summed E-state index contributed by atoms with van der Waals surface area (Å²) < 4.78 is 53.0. The highest BCUT2D eigenvalue weighted by Gasteiger charge is 2.45. The van der Waals surface area contributed by atoms with Gasteiger partial charge in [0.15, 0.2) is 34.0 Å². The molecule has 2 fully saturated rings. The number of aromatic nitrogens is 8. The molecule has 1 unspecified atom stereocenters. The third-order valence-corrected chi connectivity index (χ3v) is 12.7. The average Bonchev–Trinajstić information content (AvgIpc) is 4.14. The second-order valence-electron chi connectivity index (χ2n) is 16.3. The molecule has 0 bridgehead atoms. The molecule has 22 nitrogen and oxygen atoms in total. The second-order valence-corrected chi connectivity index (χ2v) is 18.2. The fraction of sp³-hybridized carbons (Fsp3) is 0.422. The maximum atomic E-state index is 13.1.